The Bertz CT molecular complexity index is 1240. The molecule has 2 atom stereocenters. The molecule has 0 saturated carbocycles. The number of carbonyl (C=O) groups excluding carboxylic acids is 1. The molecule has 4 aromatic rings. The largest absolute Gasteiger partial charge is 0.481 e. The Morgan fingerprint density at radius 2 is 1.90 bits per heavy atom. The average Bonchev–Trinajstić information content (AvgIpc) is 3.17. The van der Waals surface area contributed by atoms with Crippen LogP contribution in [0.3, 0.4) is 0 Å². The normalized spacial score (nSPS) is 13.0. The first-order chi connectivity index (χ1) is 14.9. The third kappa shape index (κ3) is 4.50. The third-order valence-electron chi connectivity index (χ3n) is 4.62. The summed E-state index contributed by atoms with van der Waals surface area (Å²) in [5.74, 6) is -0.616. The zero-order valence-electron chi connectivity index (χ0n) is 16.8. The van der Waals surface area contributed by atoms with Crippen LogP contribution in [0.25, 0.3) is 16.9 Å². The van der Waals surface area contributed by atoms with E-state index in [1.165, 1.54) is 35.1 Å². The highest BCUT2D eigenvalue weighted by molar-refractivity contribution is 5.81. The van der Waals surface area contributed by atoms with E-state index in [1.54, 1.807) is 44.2 Å². The van der Waals surface area contributed by atoms with Crippen LogP contribution in [0.1, 0.15) is 25.7 Å². The van der Waals surface area contributed by atoms with Crippen molar-refractivity contribution >= 4 is 11.6 Å². The number of nitrogens with zero attached hydrogens (tertiary/aromatic N) is 4. The van der Waals surface area contributed by atoms with Crippen molar-refractivity contribution in [1.82, 2.24) is 24.9 Å². The molecule has 0 aliphatic heterocycles. The Hall–Kier alpha value is -3.88. The van der Waals surface area contributed by atoms with Gasteiger partial charge in [-0.2, -0.15) is 0 Å². The summed E-state index contributed by atoms with van der Waals surface area (Å²) in [7, 11) is 0. The Morgan fingerprint density at radius 1 is 1.10 bits per heavy atom. The number of benzene rings is 2. The van der Waals surface area contributed by atoms with E-state index in [4.69, 9.17) is 4.74 Å². The van der Waals surface area contributed by atoms with Crippen LogP contribution in [0.2, 0.25) is 0 Å². The van der Waals surface area contributed by atoms with Crippen molar-refractivity contribution in [3.05, 3.63) is 78.4 Å². The maximum atomic E-state index is 14.0. The van der Waals surface area contributed by atoms with Gasteiger partial charge in [0.2, 0.25) is 0 Å². The van der Waals surface area contributed by atoms with Gasteiger partial charge >= 0.3 is 0 Å². The van der Waals surface area contributed by atoms with Crippen LogP contribution in [0.4, 0.5) is 8.78 Å². The van der Waals surface area contributed by atoms with Gasteiger partial charge in [-0.05, 0) is 38.1 Å². The van der Waals surface area contributed by atoms with Gasteiger partial charge in [-0.1, -0.05) is 18.2 Å². The second-order valence-corrected chi connectivity index (χ2v) is 6.97. The maximum Gasteiger partial charge on any atom is 0.261 e. The van der Waals surface area contributed by atoms with Gasteiger partial charge in [0.1, 0.15) is 23.7 Å². The van der Waals surface area contributed by atoms with E-state index in [0.717, 1.165) is 0 Å². The molecular formula is C22H19F2N5O2. The van der Waals surface area contributed by atoms with Crippen LogP contribution >= 0.6 is 0 Å². The molecule has 7 nitrogen and oxygen atoms in total. The predicted octanol–water partition coefficient (Wildman–Crippen LogP) is 3.71. The van der Waals surface area contributed by atoms with Gasteiger partial charge in [0.15, 0.2) is 17.6 Å². The number of aromatic nitrogens is 4. The molecule has 2 heterocycles. The Balaban J connectivity index is 1.48. The van der Waals surface area contributed by atoms with Gasteiger partial charge < -0.3 is 10.1 Å². The summed E-state index contributed by atoms with van der Waals surface area (Å²) in [6, 6.07) is 13.0. The van der Waals surface area contributed by atoms with Gasteiger partial charge in [0.25, 0.3) is 5.91 Å². The van der Waals surface area contributed by atoms with Crippen LogP contribution in [0.5, 0.6) is 5.75 Å². The van der Waals surface area contributed by atoms with E-state index in [0.29, 0.717) is 22.7 Å². The first-order valence-electron chi connectivity index (χ1n) is 9.60. The molecule has 0 radical (unpaired) electrons. The number of carbonyl (C=O) groups is 1. The second-order valence-electron chi connectivity index (χ2n) is 6.97. The van der Waals surface area contributed by atoms with E-state index in [9.17, 15) is 13.6 Å². The lowest BCUT2D eigenvalue weighted by Crippen LogP contribution is -2.38. The summed E-state index contributed by atoms with van der Waals surface area (Å²) in [5, 5.41) is 7.09. The zero-order valence-corrected chi connectivity index (χ0v) is 16.8. The number of nitrogens with one attached hydrogen (secondary N) is 1. The van der Waals surface area contributed by atoms with Crippen LogP contribution in [-0.4, -0.2) is 31.6 Å². The molecule has 2 aromatic carbocycles. The average molecular weight is 423 g/mol. The van der Waals surface area contributed by atoms with E-state index < -0.39 is 23.9 Å². The number of hydrogen-bond donors (Lipinski definition) is 1. The van der Waals surface area contributed by atoms with Crippen LogP contribution in [0.15, 0.2) is 60.9 Å². The fourth-order valence-corrected chi connectivity index (χ4v) is 3.01. The Kier molecular flexibility index (Phi) is 5.57. The van der Waals surface area contributed by atoms with Crippen molar-refractivity contribution in [3.63, 3.8) is 0 Å². The van der Waals surface area contributed by atoms with Crippen molar-refractivity contribution in [2.24, 2.45) is 0 Å². The lowest BCUT2D eigenvalue weighted by atomic mass is 10.1. The van der Waals surface area contributed by atoms with E-state index in [2.05, 4.69) is 20.4 Å². The number of rotatable bonds is 6. The second kappa shape index (κ2) is 8.47. The Labute approximate surface area is 176 Å². The topological polar surface area (TPSA) is 81.4 Å². The highest BCUT2D eigenvalue weighted by Crippen LogP contribution is 2.21. The highest BCUT2D eigenvalue weighted by Gasteiger charge is 2.21. The summed E-state index contributed by atoms with van der Waals surface area (Å²) in [6.45, 7) is 3.29. The molecular weight excluding hydrogens is 404 g/mol. The minimum atomic E-state index is -0.851. The van der Waals surface area contributed by atoms with Crippen molar-refractivity contribution in [2.75, 3.05) is 0 Å². The number of halogens is 2. The molecule has 2 aromatic heterocycles. The van der Waals surface area contributed by atoms with Crippen molar-refractivity contribution in [1.29, 1.82) is 0 Å². The molecule has 0 spiro atoms. The summed E-state index contributed by atoms with van der Waals surface area (Å²) >= 11 is 0. The van der Waals surface area contributed by atoms with Crippen LogP contribution in [-0.2, 0) is 4.79 Å². The molecule has 0 aliphatic carbocycles. The highest BCUT2D eigenvalue weighted by atomic mass is 19.1. The predicted molar refractivity (Wildman–Crippen MR) is 109 cm³/mol. The molecule has 0 saturated heterocycles. The van der Waals surface area contributed by atoms with Crippen LogP contribution in [0, 0.1) is 11.6 Å². The molecule has 0 aliphatic rings. The van der Waals surface area contributed by atoms with Gasteiger partial charge in [0.05, 0.1) is 11.7 Å². The number of fused-ring (bicyclic) bond motifs is 1. The minimum absolute atomic E-state index is 0.257. The summed E-state index contributed by atoms with van der Waals surface area (Å²) in [4.78, 5) is 21.1. The van der Waals surface area contributed by atoms with E-state index in [-0.39, 0.29) is 11.6 Å². The van der Waals surface area contributed by atoms with E-state index in [1.807, 2.05) is 0 Å². The molecule has 0 unspecified atom stereocenters. The van der Waals surface area contributed by atoms with Crippen LogP contribution < -0.4 is 10.1 Å². The fourth-order valence-electron chi connectivity index (χ4n) is 3.01. The molecule has 0 bridgehead atoms. The molecule has 158 valence electrons. The quantitative estimate of drug-likeness (QED) is 0.511. The smallest absolute Gasteiger partial charge is 0.261 e. The first kappa shape index (κ1) is 20.4. The van der Waals surface area contributed by atoms with Gasteiger partial charge in [-0.3, -0.25) is 4.79 Å². The van der Waals surface area contributed by atoms with E-state index >= 15 is 0 Å². The monoisotopic (exact) mass is 423 g/mol. The molecule has 0 fully saturated rings. The fraction of sp³-hybridized carbons (Fsp3) is 0.182. The van der Waals surface area contributed by atoms with Crippen molar-refractivity contribution in [3.8, 4) is 17.0 Å². The lowest BCUT2D eigenvalue weighted by Gasteiger charge is -2.17. The maximum absolute atomic E-state index is 14.0. The SMILES string of the molecule is C[C@H](NC(=O)[C@@H](C)Oc1cccc(F)c1)c1nc2cc(-c3ccccc3F)ncn2n1. The summed E-state index contributed by atoms with van der Waals surface area (Å²) in [6.07, 6.45) is 0.591. The lowest BCUT2D eigenvalue weighted by molar-refractivity contribution is -0.128. The number of hydrogen-bond acceptors (Lipinski definition) is 5. The number of ether oxygens (including phenoxy) is 1. The summed E-state index contributed by atoms with van der Waals surface area (Å²) in [5.41, 5.74) is 1.26. The first-order valence-corrected chi connectivity index (χ1v) is 9.60. The standard InChI is InChI=1S/C22H19F2N5O2/c1-13(26-22(30)14(2)31-16-7-5-6-15(23)10-16)21-27-20-11-19(25-12-29(20)28-21)17-8-3-4-9-18(17)24/h3-14H,1-2H3,(H,26,30)/t13-,14+/m0/s1. The minimum Gasteiger partial charge on any atom is -0.481 e. The molecule has 1 N–H and O–H groups in total. The molecule has 9 heteroatoms. The molecule has 31 heavy (non-hydrogen) atoms. The van der Waals surface area contributed by atoms with Gasteiger partial charge in [0, 0.05) is 17.7 Å². The Morgan fingerprint density at radius 3 is 2.68 bits per heavy atom. The summed E-state index contributed by atoms with van der Waals surface area (Å²) < 4.78 is 34.3. The van der Waals surface area contributed by atoms with Crippen molar-refractivity contribution in [2.45, 2.75) is 26.0 Å². The third-order valence-corrected chi connectivity index (χ3v) is 4.62. The molecule has 1 amide bonds. The van der Waals surface area contributed by atoms with Crippen molar-refractivity contribution < 1.29 is 18.3 Å². The van der Waals surface area contributed by atoms with Gasteiger partial charge in [-0.25, -0.2) is 23.3 Å². The zero-order chi connectivity index (χ0) is 22.0. The van der Waals surface area contributed by atoms with Gasteiger partial charge in [-0.15, -0.1) is 5.10 Å². The molecule has 4 rings (SSSR count). The number of amides is 1.